The van der Waals surface area contributed by atoms with Gasteiger partial charge >= 0.3 is 5.97 Å². The summed E-state index contributed by atoms with van der Waals surface area (Å²) in [5.74, 6) is -0.839. The summed E-state index contributed by atoms with van der Waals surface area (Å²) in [6.07, 6.45) is 0. The lowest BCUT2D eigenvalue weighted by Gasteiger charge is -2.03. The molecule has 4 heteroatoms. The minimum Gasteiger partial charge on any atom is -0.461 e. The van der Waals surface area contributed by atoms with Gasteiger partial charge in [0.2, 0.25) is 0 Å². The molecule has 0 saturated heterocycles. The topological polar surface area (TPSA) is 39.2 Å². The zero-order valence-corrected chi connectivity index (χ0v) is 8.74. The van der Waals surface area contributed by atoms with Crippen molar-refractivity contribution >= 4 is 16.9 Å². The Morgan fingerprint density at radius 2 is 2.19 bits per heavy atom. The minimum absolute atomic E-state index is 0.194. The van der Waals surface area contributed by atoms with Crippen molar-refractivity contribution in [3.8, 4) is 0 Å². The van der Waals surface area contributed by atoms with Crippen LogP contribution in [0.15, 0.2) is 30.3 Å². The molecule has 2 rings (SSSR count). The number of hydrogen-bond donors (Lipinski definition) is 0. The lowest BCUT2D eigenvalue weighted by molar-refractivity contribution is 0.0520. The third-order valence-corrected chi connectivity index (χ3v) is 2.16. The van der Waals surface area contributed by atoms with Crippen molar-refractivity contribution in [2.24, 2.45) is 0 Å². The van der Waals surface area contributed by atoms with Crippen LogP contribution in [0.1, 0.15) is 17.4 Å². The maximum absolute atomic E-state index is 13.3. The highest BCUT2D eigenvalue weighted by Gasteiger charge is 2.09. The Labute approximate surface area is 91.9 Å². The van der Waals surface area contributed by atoms with Crippen LogP contribution in [0.2, 0.25) is 0 Å². The molecule has 3 nitrogen and oxygen atoms in total. The van der Waals surface area contributed by atoms with E-state index in [2.05, 4.69) is 4.98 Å². The van der Waals surface area contributed by atoms with E-state index in [4.69, 9.17) is 4.74 Å². The second-order valence-electron chi connectivity index (χ2n) is 3.22. The molecule has 0 amide bonds. The van der Waals surface area contributed by atoms with Gasteiger partial charge in [0.05, 0.1) is 12.1 Å². The number of carbonyl (C=O) groups excluding carboxylic acids is 1. The minimum atomic E-state index is -0.492. The van der Waals surface area contributed by atoms with E-state index in [9.17, 15) is 9.18 Å². The van der Waals surface area contributed by atoms with Crippen LogP contribution >= 0.6 is 0 Å². The lowest BCUT2D eigenvalue weighted by atomic mass is 10.2. The van der Waals surface area contributed by atoms with Gasteiger partial charge in [-0.2, -0.15) is 0 Å². The summed E-state index contributed by atoms with van der Waals surface area (Å²) in [6.45, 7) is 2.01. The summed E-state index contributed by atoms with van der Waals surface area (Å²) in [4.78, 5) is 15.4. The van der Waals surface area contributed by atoms with Gasteiger partial charge in [-0.05, 0) is 31.2 Å². The van der Waals surface area contributed by atoms with Crippen molar-refractivity contribution in [3.05, 3.63) is 41.8 Å². The first-order chi connectivity index (χ1) is 7.72. The summed E-state index contributed by atoms with van der Waals surface area (Å²) < 4.78 is 18.1. The van der Waals surface area contributed by atoms with Gasteiger partial charge in [0.1, 0.15) is 11.5 Å². The lowest BCUT2D eigenvalue weighted by Crippen LogP contribution is -2.06. The highest BCUT2D eigenvalue weighted by atomic mass is 19.1. The van der Waals surface area contributed by atoms with Crippen molar-refractivity contribution in [2.45, 2.75) is 6.92 Å². The van der Waals surface area contributed by atoms with E-state index in [1.165, 1.54) is 18.2 Å². The Hall–Kier alpha value is -1.97. The second-order valence-corrected chi connectivity index (χ2v) is 3.22. The summed E-state index contributed by atoms with van der Waals surface area (Å²) >= 11 is 0. The van der Waals surface area contributed by atoms with Crippen LogP contribution in [0.3, 0.4) is 0 Å². The van der Waals surface area contributed by atoms with Crippen molar-refractivity contribution in [2.75, 3.05) is 6.61 Å². The number of ether oxygens (including phenoxy) is 1. The molecular weight excluding hydrogens is 209 g/mol. The summed E-state index contributed by atoms with van der Waals surface area (Å²) in [6, 6.07) is 7.56. The number of esters is 1. The maximum atomic E-state index is 13.3. The first-order valence-electron chi connectivity index (χ1n) is 4.94. The van der Waals surface area contributed by atoms with Crippen molar-refractivity contribution < 1.29 is 13.9 Å². The molecule has 2 aromatic rings. The highest BCUT2D eigenvalue weighted by Crippen LogP contribution is 2.16. The average Bonchev–Trinajstić information content (AvgIpc) is 2.29. The number of aromatic nitrogens is 1. The molecule has 0 unspecified atom stereocenters. The Kier molecular flexibility index (Phi) is 2.81. The molecule has 0 bridgehead atoms. The number of rotatable bonds is 2. The SMILES string of the molecule is CCOC(=O)c1ccc2c(F)cccc2n1. The largest absolute Gasteiger partial charge is 0.461 e. The number of nitrogens with zero attached hydrogens (tertiary/aromatic N) is 1. The molecule has 16 heavy (non-hydrogen) atoms. The molecule has 82 valence electrons. The Bertz CT molecular complexity index is 540. The van der Waals surface area contributed by atoms with Gasteiger partial charge in [-0.1, -0.05) is 6.07 Å². The summed E-state index contributed by atoms with van der Waals surface area (Å²) in [5, 5.41) is 0.399. The van der Waals surface area contributed by atoms with E-state index in [0.29, 0.717) is 17.5 Å². The van der Waals surface area contributed by atoms with Gasteiger partial charge < -0.3 is 4.74 Å². The highest BCUT2D eigenvalue weighted by molar-refractivity contribution is 5.91. The van der Waals surface area contributed by atoms with Crippen molar-refractivity contribution in [1.29, 1.82) is 0 Å². The third-order valence-electron chi connectivity index (χ3n) is 2.16. The van der Waals surface area contributed by atoms with Gasteiger partial charge in [-0.3, -0.25) is 0 Å². The van der Waals surface area contributed by atoms with E-state index in [1.807, 2.05) is 0 Å². The molecule has 0 aliphatic carbocycles. The van der Waals surface area contributed by atoms with E-state index in [0.717, 1.165) is 0 Å². The van der Waals surface area contributed by atoms with E-state index < -0.39 is 5.97 Å². The number of benzene rings is 1. The van der Waals surface area contributed by atoms with Gasteiger partial charge in [0, 0.05) is 5.39 Å². The fraction of sp³-hybridized carbons (Fsp3) is 0.167. The predicted molar refractivity (Wildman–Crippen MR) is 57.7 cm³/mol. The Morgan fingerprint density at radius 3 is 2.94 bits per heavy atom. The number of pyridine rings is 1. The van der Waals surface area contributed by atoms with Crippen molar-refractivity contribution in [3.63, 3.8) is 0 Å². The standard InChI is InChI=1S/C12H10FNO2/c1-2-16-12(15)11-7-6-8-9(13)4-3-5-10(8)14-11/h3-7H,2H2,1H3. The van der Waals surface area contributed by atoms with E-state index >= 15 is 0 Å². The molecule has 0 atom stereocenters. The van der Waals surface area contributed by atoms with Crippen LogP contribution in [-0.4, -0.2) is 17.6 Å². The van der Waals surface area contributed by atoms with Gasteiger partial charge in [-0.15, -0.1) is 0 Å². The normalized spacial score (nSPS) is 10.4. The monoisotopic (exact) mass is 219 g/mol. The van der Waals surface area contributed by atoms with Crippen LogP contribution < -0.4 is 0 Å². The smallest absolute Gasteiger partial charge is 0.356 e. The van der Waals surface area contributed by atoms with E-state index in [1.54, 1.807) is 19.1 Å². The molecule has 0 N–H and O–H groups in total. The maximum Gasteiger partial charge on any atom is 0.356 e. The fourth-order valence-corrected chi connectivity index (χ4v) is 1.44. The van der Waals surface area contributed by atoms with E-state index in [-0.39, 0.29) is 11.5 Å². The number of fused-ring (bicyclic) bond motifs is 1. The molecule has 0 spiro atoms. The molecule has 0 radical (unpaired) electrons. The van der Waals surface area contributed by atoms with Gasteiger partial charge in [-0.25, -0.2) is 14.2 Å². The Balaban J connectivity index is 2.48. The van der Waals surface area contributed by atoms with Crippen LogP contribution in [0, 0.1) is 5.82 Å². The molecule has 0 fully saturated rings. The average molecular weight is 219 g/mol. The van der Waals surface area contributed by atoms with Crippen LogP contribution in [-0.2, 0) is 4.74 Å². The van der Waals surface area contributed by atoms with Crippen LogP contribution in [0.25, 0.3) is 10.9 Å². The fourth-order valence-electron chi connectivity index (χ4n) is 1.44. The third kappa shape index (κ3) is 1.86. The van der Waals surface area contributed by atoms with Crippen LogP contribution in [0.4, 0.5) is 4.39 Å². The number of hydrogen-bond acceptors (Lipinski definition) is 3. The molecule has 0 saturated carbocycles. The molecule has 1 aromatic heterocycles. The first kappa shape index (κ1) is 10.5. The molecule has 1 heterocycles. The number of halogens is 1. The molecule has 0 aliphatic rings. The molecule has 0 aliphatic heterocycles. The van der Waals surface area contributed by atoms with Gasteiger partial charge in [0.25, 0.3) is 0 Å². The predicted octanol–water partition coefficient (Wildman–Crippen LogP) is 2.55. The summed E-state index contributed by atoms with van der Waals surface area (Å²) in [5.41, 5.74) is 0.644. The zero-order chi connectivity index (χ0) is 11.5. The summed E-state index contributed by atoms with van der Waals surface area (Å²) in [7, 11) is 0. The van der Waals surface area contributed by atoms with Crippen molar-refractivity contribution in [1.82, 2.24) is 4.98 Å². The number of carbonyl (C=O) groups is 1. The zero-order valence-electron chi connectivity index (χ0n) is 8.74. The quantitative estimate of drug-likeness (QED) is 0.728. The molecule has 1 aromatic carbocycles. The second kappa shape index (κ2) is 4.26. The van der Waals surface area contributed by atoms with Gasteiger partial charge in [0.15, 0.2) is 0 Å². The first-order valence-corrected chi connectivity index (χ1v) is 4.94. The Morgan fingerprint density at radius 1 is 1.38 bits per heavy atom. The molecular formula is C12H10FNO2. The van der Waals surface area contributed by atoms with Crippen LogP contribution in [0.5, 0.6) is 0 Å².